The van der Waals surface area contributed by atoms with Gasteiger partial charge in [-0.25, -0.2) is 0 Å². The SMILES string of the molecule is CN(C)C1(CNc2cccc(F)c2[N+](=O)[O-])CCC1. The summed E-state index contributed by atoms with van der Waals surface area (Å²) in [7, 11) is 4.00. The van der Waals surface area contributed by atoms with Crippen LogP contribution in [0, 0.1) is 15.9 Å². The lowest BCUT2D eigenvalue weighted by molar-refractivity contribution is -0.386. The third-order valence-electron chi connectivity index (χ3n) is 4.01. The molecule has 6 heteroatoms. The van der Waals surface area contributed by atoms with Crippen molar-refractivity contribution >= 4 is 11.4 Å². The van der Waals surface area contributed by atoms with Crippen molar-refractivity contribution in [3.63, 3.8) is 0 Å². The summed E-state index contributed by atoms with van der Waals surface area (Å²) in [5.74, 6) is -0.803. The topological polar surface area (TPSA) is 58.4 Å². The molecule has 1 fully saturated rings. The minimum Gasteiger partial charge on any atom is -0.378 e. The first-order valence-corrected chi connectivity index (χ1v) is 6.30. The van der Waals surface area contributed by atoms with Crippen molar-refractivity contribution < 1.29 is 9.31 Å². The van der Waals surface area contributed by atoms with Crippen LogP contribution in [0.25, 0.3) is 0 Å². The van der Waals surface area contributed by atoms with Crippen LogP contribution in [-0.4, -0.2) is 36.0 Å². The Bertz CT molecular complexity index is 487. The van der Waals surface area contributed by atoms with Gasteiger partial charge in [-0.15, -0.1) is 0 Å². The third kappa shape index (κ3) is 2.53. The van der Waals surface area contributed by atoms with Gasteiger partial charge in [0.15, 0.2) is 0 Å². The van der Waals surface area contributed by atoms with E-state index < -0.39 is 16.4 Å². The molecule has 0 radical (unpaired) electrons. The van der Waals surface area contributed by atoms with Crippen molar-refractivity contribution in [1.29, 1.82) is 0 Å². The molecule has 0 heterocycles. The molecule has 1 aliphatic rings. The van der Waals surface area contributed by atoms with E-state index in [4.69, 9.17) is 0 Å². The first kappa shape index (κ1) is 13.7. The van der Waals surface area contributed by atoms with E-state index >= 15 is 0 Å². The fraction of sp³-hybridized carbons (Fsp3) is 0.538. The number of benzene rings is 1. The number of likely N-dealkylation sites (N-methyl/N-ethyl adjacent to an activating group) is 1. The first-order chi connectivity index (χ1) is 8.96. The van der Waals surface area contributed by atoms with Crippen LogP contribution in [0.2, 0.25) is 0 Å². The van der Waals surface area contributed by atoms with Gasteiger partial charge >= 0.3 is 5.69 Å². The first-order valence-electron chi connectivity index (χ1n) is 6.30. The Hall–Kier alpha value is -1.69. The van der Waals surface area contributed by atoms with Crippen molar-refractivity contribution in [2.75, 3.05) is 26.0 Å². The summed E-state index contributed by atoms with van der Waals surface area (Å²) in [6, 6.07) is 4.13. The van der Waals surface area contributed by atoms with Crippen LogP contribution in [0.5, 0.6) is 0 Å². The highest BCUT2D eigenvalue weighted by atomic mass is 19.1. The smallest absolute Gasteiger partial charge is 0.327 e. The van der Waals surface area contributed by atoms with Crippen molar-refractivity contribution in [1.82, 2.24) is 4.90 Å². The lowest BCUT2D eigenvalue weighted by Gasteiger charge is -2.47. The maximum atomic E-state index is 13.5. The molecule has 0 saturated heterocycles. The number of nitrogens with one attached hydrogen (secondary N) is 1. The van der Waals surface area contributed by atoms with Gasteiger partial charge in [-0.1, -0.05) is 6.07 Å². The second-order valence-electron chi connectivity index (χ2n) is 5.22. The highest BCUT2D eigenvalue weighted by Crippen LogP contribution is 2.37. The molecule has 1 aromatic rings. The summed E-state index contributed by atoms with van der Waals surface area (Å²) in [5, 5.41) is 13.9. The summed E-state index contributed by atoms with van der Waals surface area (Å²) in [5.41, 5.74) is -0.200. The maximum Gasteiger partial charge on any atom is 0.327 e. The fourth-order valence-corrected chi connectivity index (χ4v) is 2.47. The van der Waals surface area contributed by atoms with Crippen molar-refractivity contribution in [3.8, 4) is 0 Å². The Morgan fingerprint density at radius 2 is 2.16 bits per heavy atom. The van der Waals surface area contributed by atoms with Crippen LogP contribution in [0.4, 0.5) is 15.8 Å². The van der Waals surface area contributed by atoms with E-state index in [1.165, 1.54) is 6.07 Å². The molecule has 0 bridgehead atoms. The molecule has 104 valence electrons. The fourth-order valence-electron chi connectivity index (χ4n) is 2.47. The minimum atomic E-state index is -0.803. The second-order valence-corrected chi connectivity index (χ2v) is 5.22. The Labute approximate surface area is 111 Å². The summed E-state index contributed by atoms with van der Waals surface area (Å²) in [6.07, 6.45) is 3.26. The van der Waals surface area contributed by atoms with Crippen molar-refractivity contribution in [2.45, 2.75) is 24.8 Å². The molecule has 0 aliphatic heterocycles. The second kappa shape index (κ2) is 5.13. The van der Waals surface area contributed by atoms with E-state index in [1.54, 1.807) is 6.07 Å². The summed E-state index contributed by atoms with van der Waals surface area (Å²) in [6.45, 7) is 0.588. The molecule has 5 nitrogen and oxygen atoms in total. The summed E-state index contributed by atoms with van der Waals surface area (Å²) < 4.78 is 13.5. The van der Waals surface area contributed by atoms with E-state index in [0.29, 0.717) is 6.54 Å². The molecule has 0 unspecified atom stereocenters. The minimum absolute atomic E-state index is 0.0280. The lowest BCUT2D eigenvalue weighted by Crippen LogP contribution is -2.54. The van der Waals surface area contributed by atoms with E-state index in [1.807, 2.05) is 14.1 Å². The van der Waals surface area contributed by atoms with E-state index in [0.717, 1.165) is 25.3 Å². The number of nitro benzene ring substituents is 1. The van der Waals surface area contributed by atoms with Crippen LogP contribution >= 0.6 is 0 Å². The standard InChI is InChI=1S/C13H18FN3O2/c1-16(2)13(7-4-8-13)9-15-11-6-3-5-10(14)12(11)17(18)19/h3,5-6,15H,4,7-9H2,1-2H3. The monoisotopic (exact) mass is 267 g/mol. The number of rotatable bonds is 5. The average molecular weight is 267 g/mol. The van der Waals surface area contributed by atoms with Gasteiger partial charge in [-0.05, 0) is 45.5 Å². The zero-order valence-electron chi connectivity index (χ0n) is 11.1. The average Bonchev–Trinajstić information content (AvgIpc) is 2.26. The van der Waals surface area contributed by atoms with Gasteiger partial charge in [-0.3, -0.25) is 10.1 Å². The lowest BCUT2D eigenvalue weighted by atomic mass is 9.75. The Kier molecular flexibility index (Phi) is 3.71. The van der Waals surface area contributed by atoms with E-state index in [-0.39, 0.29) is 11.2 Å². The van der Waals surface area contributed by atoms with Gasteiger partial charge < -0.3 is 10.2 Å². The number of hydrogen-bond donors (Lipinski definition) is 1. The van der Waals surface area contributed by atoms with Crippen LogP contribution in [0.15, 0.2) is 18.2 Å². The molecular weight excluding hydrogens is 249 g/mol. The Morgan fingerprint density at radius 3 is 2.63 bits per heavy atom. The van der Waals surface area contributed by atoms with E-state index in [2.05, 4.69) is 10.2 Å². The summed E-state index contributed by atoms with van der Waals surface area (Å²) in [4.78, 5) is 12.4. The zero-order valence-corrected chi connectivity index (χ0v) is 11.1. The van der Waals surface area contributed by atoms with Crippen molar-refractivity contribution in [3.05, 3.63) is 34.1 Å². The number of nitrogens with zero attached hydrogens (tertiary/aromatic N) is 2. The van der Waals surface area contributed by atoms with Gasteiger partial charge in [0.25, 0.3) is 0 Å². The predicted molar refractivity (Wildman–Crippen MR) is 71.8 cm³/mol. The molecular formula is C13H18FN3O2. The van der Waals surface area contributed by atoms with Crippen LogP contribution in [0.1, 0.15) is 19.3 Å². The highest BCUT2D eigenvalue weighted by Gasteiger charge is 2.39. The van der Waals surface area contributed by atoms with Crippen molar-refractivity contribution in [2.24, 2.45) is 0 Å². The molecule has 0 spiro atoms. The van der Waals surface area contributed by atoms with E-state index in [9.17, 15) is 14.5 Å². The Morgan fingerprint density at radius 1 is 1.47 bits per heavy atom. The molecule has 19 heavy (non-hydrogen) atoms. The van der Waals surface area contributed by atoms with Gasteiger partial charge in [0.05, 0.1) is 4.92 Å². The molecule has 2 rings (SSSR count). The normalized spacial score (nSPS) is 17.1. The molecule has 1 aliphatic carbocycles. The molecule has 0 aromatic heterocycles. The molecule has 1 aromatic carbocycles. The molecule has 1 saturated carbocycles. The molecule has 1 N–H and O–H groups in total. The highest BCUT2D eigenvalue weighted by molar-refractivity contribution is 5.62. The van der Waals surface area contributed by atoms with Gasteiger partial charge in [0.2, 0.25) is 5.82 Å². The molecule has 0 atom stereocenters. The predicted octanol–water partition coefficient (Wildman–Crippen LogP) is 2.63. The largest absolute Gasteiger partial charge is 0.378 e. The van der Waals surface area contributed by atoms with Crippen LogP contribution in [0.3, 0.4) is 0 Å². The maximum absolute atomic E-state index is 13.5. The Balaban J connectivity index is 2.16. The number of nitro groups is 1. The quantitative estimate of drug-likeness (QED) is 0.658. The summed E-state index contributed by atoms with van der Waals surface area (Å²) >= 11 is 0. The van der Waals surface area contributed by atoms with Gasteiger partial charge in [0.1, 0.15) is 5.69 Å². The third-order valence-corrected chi connectivity index (χ3v) is 4.01. The zero-order chi connectivity index (χ0) is 14.0. The number of anilines is 1. The van der Waals surface area contributed by atoms with Gasteiger partial charge in [-0.2, -0.15) is 4.39 Å². The van der Waals surface area contributed by atoms with Crippen LogP contribution in [-0.2, 0) is 0 Å². The number of para-hydroxylation sites is 1. The van der Waals surface area contributed by atoms with Crippen LogP contribution < -0.4 is 5.32 Å². The number of hydrogen-bond acceptors (Lipinski definition) is 4. The molecule has 0 amide bonds. The number of halogens is 1. The van der Waals surface area contributed by atoms with Gasteiger partial charge in [0, 0.05) is 12.1 Å².